The molecule has 2 aromatic carbocycles. The van der Waals surface area contributed by atoms with Crippen molar-refractivity contribution in [1.29, 1.82) is 0 Å². The fourth-order valence-electron chi connectivity index (χ4n) is 4.04. The molecule has 1 amide bonds. The minimum atomic E-state index is 0.191. The number of nitrogens with two attached hydrogens (primary N) is 1. The van der Waals surface area contributed by atoms with Crippen molar-refractivity contribution in [2.75, 3.05) is 37.6 Å². The Kier molecular flexibility index (Phi) is 6.43. The van der Waals surface area contributed by atoms with Gasteiger partial charge in [-0.1, -0.05) is 35.9 Å². The van der Waals surface area contributed by atoms with E-state index in [1.54, 1.807) is 0 Å². The topological polar surface area (TPSA) is 65.2 Å². The van der Waals surface area contributed by atoms with Gasteiger partial charge >= 0.3 is 0 Å². The van der Waals surface area contributed by atoms with Crippen molar-refractivity contribution in [1.82, 2.24) is 9.80 Å². The largest absolute Gasteiger partial charge is 0.370 e. The Morgan fingerprint density at radius 1 is 0.933 bits per heavy atom. The molecule has 4 rings (SSSR count). The SMILES string of the molecule is NC(=NCCCC(=O)N1Cc2ccccc2C1)N1CCN(c2ccc(Cl)cc2)CC1. The number of guanidine groups is 1. The van der Waals surface area contributed by atoms with Crippen molar-refractivity contribution in [3.63, 3.8) is 0 Å². The summed E-state index contributed by atoms with van der Waals surface area (Å²) >= 11 is 5.97. The predicted octanol–water partition coefficient (Wildman–Crippen LogP) is 3.10. The van der Waals surface area contributed by atoms with Crippen LogP contribution in [0.4, 0.5) is 5.69 Å². The van der Waals surface area contributed by atoms with Gasteiger partial charge in [-0.15, -0.1) is 0 Å². The first kappa shape index (κ1) is 20.5. The summed E-state index contributed by atoms with van der Waals surface area (Å²) in [6.07, 6.45) is 1.23. The molecule has 30 heavy (non-hydrogen) atoms. The van der Waals surface area contributed by atoms with E-state index in [-0.39, 0.29) is 5.91 Å². The van der Waals surface area contributed by atoms with Crippen molar-refractivity contribution in [3.05, 3.63) is 64.7 Å². The second-order valence-corrected chi connectivity index (χ2v) is 8.25. The van der Waals surface area contributed by atoms with Gasteiger partial charge < -0.3 is 20.4 Å². The number of halogens is 1. The number of hydrogen-bond acceptors (Lipinski definition) is 3. The van der Waals surface area contributed by atoms with Gasteiger partial charge in [0, 0.05) is 62.9 Å². The maximum absolute atomic E-state index is 12.5. The van der Waals surface area contributed by atoms with Crippen LogP contribution in [0.3, 0.4) is 0 Å². The third kappa shape index (κ3) is 4.87. The Hall–Kier alpha value is -2.73. The Morgan fingerprint density at radius 2 is 1.57 bits per heavy atom. The van der Waals surface area contributed by atoms with Crippen molar-refractivity contribution in [2.24, 2.45) is 10.7 Å². The average Bonchev–Trinajstić information content (AvgIpc) is 3.21. The summed E-state index contributed by atoms with van der Waals surface area (Å²) in [6.45, 7) is 5.48. The molecule has 2 aromatic rings. The van der Waals surface area contributed by atoms with Gasteiger partial charge in [0.25, 0.3) is 0 Å². The number of aliphatic imine (C=N–C) groups is 1. The summed E-state index contributed by atoms with van der Waals surface area (Å²) in [5, 5.41) is 0.751. The Morgan fingerprint density at radius 3 is 2.20 bits per heavy atom. The minimum Gasteiger partial charge on any atom is -0.370 e. The fourth-order valence-corrected chi connectivity index (χ4v) is 4.16. The quantitative estimate of drug-likeness (QED) is 0.454. The number of amides is 1. The van der Waals surface area contributed by atoms with Crippen LogP contribution in [0.5, 0.6) is 0 Å². The van der Waals surface area contributed by atoms with Crippen molar-refractivity contribution < 1.29 is 4.79 Å². The van der Waals surface area contributed by atoms with E-state index >= 15 is 0 Å². The first-order chi connectivity index (χ1) is 14.6. The molecule has 2 N–H and O–H groups in total. The van der Waals surface area contributed by atoms with E-state index in [9.17, 15) is 4.79 Å². The zero-order chi connectivity index (χ0) is 20.9. The van der Waals surface area contributed by atoms with Crippen LogP contribution >= 0.6 is 11.6 Å². The highest BCUT2D eigenvalue weighted by Gasteiger charge is 2.22. The van der Waals surface area contributed by atoms with Crippen molar-refractivity contribution >= 4 is 29.2 Å². The Balaban J connectivity index is 1.18. The van der Waals surface area contributed by atoms with E-state index in [0.29, 0.717) is 18.9 Å². The van der Waals surface area contributed by atoms with Crippen LogP contribution in [0.1, 0.15) is 24.0 Å². The number of carbonyl (C=O) groups excluding carboxylic acids is 1. The first-order valence-electron chi connectivity index (χ1n) is 10.5. The van der Waals surface area contributed by atoms with Crippen LogP contribution in [-0.4, -0.2) is 54.4 Å². The summed E-state index contributed by atoms with van der Waals surface area (Å²) in [5.41, 5.74) is 9.88. The predicted molar refractivity (Wildman–Crippen MR) is 122 cm³/mol. The van der Waals surface area contributed by atoms with Gasteiger partial charge in [-0.05, 0) is 41.8 Å². The third-order valence-electron chi connectivity index (χ3n) is 5.81. The van der Waals surface area contributed by atoms with Crippen molar-refractivity contribution in [2.45, 2.75) is 25.9 Å². The van der Waals surface area contributed by atoms with Gasteiger partial charge in [0.1, 0.15) is 0 Å². The van der Waals surface area contributed by atoms with E-state index in [1.807, 2.05) is 41.3 Å². The summed E-state index contributed by atoms with van der Waals surface area (Å²) in [7, 11) is 0. The molecule has 1 fully saturated rings. The van der Waals surface area contributed by atoms with E-state index in [4.69, 9.17) is 17.3 Å². The van der Waals surface area contributed by atoms with E-state index in [1.165, 1.54) is 16.8 Å². The van der Waals surface area contributed by atoms with Gasteiger partial charge in [-0.25, -0.2) is 0 Å². The minimum absolute atomic E-state index is 0.191. The highest BCUT2D eigenvalue weighted by Crippen LogP contribution is 2.23. The Labute approximate surface area is 182 Å². The van der Waals surface area contributed by atoms with Gasteiger partial charge in [0.15, 0.2) is 5.96 Å². The molecule has 6 nitrogen and oxygen atoms in total. The molecule has 2 aliphatic heterocycles. The molecule has 0 unspecified atom stereocenters. The van der Waals surface area contributed by atoms with Crippen LogP contribution in [0.2, 0.25) is 5.02 Å². The van der Waals surface area contributed by atoms with Gasteiger partial charge in [-0.3, -0.25) is 9.79 Å². The number of anilines is 1. The number of fused-ring (bicyclic) bond motifs is 1. The third-order valence-corrected chi connectivity index (χ3v) is 6.06. The average molecular weight is 426 g/mol. The maximum atomic E-state index is 12.5. The Bertz CT molecular complexity index is 881. The zero-order valence-corrected chi connectivity index (χ0v) is 17.9. The first-order valence-corrected chi connectivity index (χ1v) is 10.9. The molecular formula is C23H28ClN5O. The fraction of sp³-hybridized carbons (Fsp3) is 0.391. The number of hydrogen-bond donors (Lipinski definition) is 1. The molecule has 0 bridgehead atoms. The number of benzene rings is 2. The molecule has 0 atom stereocenters. The highest BCUT2D eigenvalue weighted by molar-refractivity contribution is 6.30. The molecule has 1 saturated heterocycles. The van der Waals surface area contributed by atoms with Crippen LogP contribution in [0.15, 0.2) is 53.5 Å². The zero-order valence-electron chi connectivity index (χ0n) is 17.1. The maximum Gasteiger partial charge on any atom is 0.223 e. The lowest BCUT2D eigenvalue weighted by atomic mass is 10.1. The molecule has 158 valence electrons. The van der Waals surface area contributed by atoms with E-state index in [0.717, 1.165) is 50.7 Å². The number of rotatable bonds is 5. The van der Waals surface area contributed by atoms with Gasteiger partial charge in [-0.2, -0.15) is 0 Å². The van der Waals surface area contributed by atoms with E-state index < -0.39 is 0 Å². The monoisotopic (exact) mass is 425 g/mol. The summed E-state index contributed by atoms with van der Waals surface area (Å²) < 4.78 is 0. The van der Waals surface area contributed by atoms with Crippen LogP contribution in [-0.2, 0) is 17.9 Å². The number of nitrogens with zero attached hydrogens (tertiary/aromatic N) is 4. The van der Waals surface area contributed by atoms with Gasteiger partial charge in [0.05, 0.1) is 0 Å². The lowest BCUT2D eigenvalue weighted by molar-refractivity contribution is -0.131. The summed E-state index contributed by atoms with van der Waals surface area (Å²) in [6, 6.07) is 16.2. The lowest BCUT2D eigenvalue weighted by Crippen LogP contribution is -2.51. The van der Waals surface area contributed by atoms with Crippen LogP contribution in [0, 0.1) is 0 Å². The van der Waals surface area contributed by atoms with Crippen LogP contribution in [0.25, 0.3) is 0 Å². The lowest BCUT2D eigenvalue weighted by Gasteiger charge is -2.36. The van der Waals surface area contributed by atoms with Crippen LogP contribution < -0.4 is 10.6 Å². The molecule has 0 radical (unpaired) electrons. The molecule has 2 heterocycles. The smallest absolute Gasteiger partial charge is 0.223 e. The standard InChI is InChI=1S/C23H28ClN5O/c24-20-7-9-21(10-8-20)27-12-14-28(15-13-27)23(25)26-11-3-6-22(30)29-16-18-4-1-2-5-19(18)17-29/h1-2,4-5,7-10H,3,6,11-17H2,(H2,25,26). The van der Waals surface area contributed by atoms with E-state index in [2.05, 4.69) is 26.9 Å². The molecule has 0 aliphatic carbocycles. The second kappa shape index (κ2) is 9.39. The summed E-state index contributed by atoms with van der Waals surface area (Å²) in [5.74, 6) is 0.767. The second-order valence-electron chi connectivity index (χ2n) is 7.81. The molecule has 7 heteroatoms. The van der Waals surface area contributed by atoms with Crippen molar-refractivity contribution in [3.8, 4) is 0 Å². The number of carbonyl (C=O) groups is 1. The molecule has 0 saturated carbocycles. The molecule has 2 aliphatic rings. The molecule has 0 aromatic heterocycles. The highest BCUT2D eigenvalue weighted by atomic mass is 35.5. The number of piperazine rings is 1. The molecule has 0 spiro atoms. The molecular weight excluding hydrogens is 398 g/mol. The van der Waals surface area contributed by atoms with Gasteiger partial charge in [0.2, 0.25) is 5.91 Å². The normalized spacial score (nSPS) is 16.7. The summed E-state index contributed by atoms with van der Waals surface area (Å²) in [4.78, 5) is 23.3.